The molecule has 0 spiro atoms. The zero-order valence-corrected chi connectivity index (χ0v) is 15.0. The number of hydrogen-bond acceptors (Lipinski definition) is 7. The van der Waals surface area contributed by atoms with Gasteiger partial charge in [0, 0.05) is 5.56 Å². The van der Waals surface area contributed by atoms with Gasteiger partial charge in [-0.3, -0.25) is 10.2 Å². The van der Waals surface area contributed by atoms with Crippen molar-refractivity contribution in [1.29, 1.82) is 5.41 Å². The number of carbonyl (C=O) groups excluding carboxylic acids is 1. The number of nitrogens with zero attached hydrogens (tertiary/aromatic N) is 2. The highest BCUT2D eigenvalue weighted by atomic mass is 32.2. The van der Waals surface area contributed by atoms with Gasteiger partial charge in [-0.05, 0) is 25.5 Å². The molecule has 1 atom stereocenters. The van der Waals surface area contributed by atoms with Gasteiger partial charge in [0.25, 0.3) is 0 Å². The number of aryl methyl sites for hydroxylation is 1. The van der Waals surface area contributed by atoms with Crippen LogP contribution in [-0.2, 0) is 11.2 Å². The highest BCUT2D eigenvalue weighted by molar-refractivity contribution is 8.19. The van der Waals surface area contributed by atoms with Crippen LogP contribution >= 0.6 is 23.1 Å². The van der Waals surface area contributed by atoms with Crippen molar-refractivity contribution in [2.45, 2.75) is 26.2 Å². The second-order valence-electron chi connectivity index (χ2n) is 5.13. The highest BCUT2D eigenvalue weighted by Crippen LogP contribution is 2.42. The average molecular weight is 359 g/mol. The van der Waals surface area contributed by atoms with E-state index < -0.39 is 5.92 Å². The molecule has 5 nitrogen and oxygen atoms in total. The van der Waals surface area contributed by atoms with Crippen molar-refractivity contribution in [2.75, 3.05) is 6.61 Å². The van der Waals surface area contributed by atoms with Crippen molar-refractivity contribution < 1.29 is 9.53 Å². The molecule has 1 fully saturated rings. The predicted octanol–water partition coefficient (Wildman–Crippen LogP) is 3.92. The normalized spacial score (nSPS) is 19.2. The number of ether oxygens (including phenoxy) is 1. The summed E-state index contributed by atoms with van der Waals surface area (Å²) in [5.74, 6) is 0.0356. The summed E-state index contributed by atoms with van der Waals surface area (Å²) < 4.78 is 5.60. The number of thioether (sulfide) groups is 1. The molecule has 1 N–H and O–H groups in total. The molecule has 1 aromatic heterocycles. The van der Waals surface area contributed by atoms with Gasteiger partial charge in [-0.1, -0.05) is 36.9 Å². The fourth-order valence-corrected chi connectivity index (χ4v) is 4.31. The van der Waals surface area contributed by atoms with Gasteiger partial charge in [0.05, 0.1) is 16.6 Å². The first-order valence-electron chi connectivity index (χ1n) is 7.70. The van der Waals surface area contributed by atoms with Crippen molar-refractivity contribution in [3.8, 4) is 5.75 Å². The van der Waals surface area contributed by atoms with Crippen LogP contribution in [0.3, 0.4) is 0 Å². The highest BCUT2D eigenvalue weighted by Gasteiger charge is 2.39. The summed E-state index contributed by atoms with van der Waals surface area (Å²) in [7, 11) is 0. The first-order chi connectivity index (χ1) is 11.6. The summed E-state index contributed by atoms with van der Waals surface area (Å²) in [5, 5.41) is 18.1. The fourth-order valence-electron chi connectivity index (χ4n) is 2.37. The van der Waals surface area contributed by atoms with Crippen molar-refractivity contribution in [2.24, 2.45) is 0 Å². The van der Waals surface area contributed by atoms with Crippen LogP contribution in [0.25, 0.3) is 6.08 Å². The van der Waals surface area contributed by atoms with Gasteiger partial charge in [-0.25, -0.2) is 0 Å². The lowest BCUT2D eigenvalue weighted by Gasteiger charge is -2.07. The molecule has 0 radical (unpaired) electrons. The number of benzene rings is 1. The van der Waals surface area contributed by atoms with Gasteiger partial charge >= 0.3 is 0 Å². The number of hydrogen-bond donors (Lipinski definition) is 1. The molecule has 2 heterocycles. The van der Waals surface area contributed by atoms with Crippen LogP contribution in [0.5, 0.6) is 5.75 Å². The van der Waals surface area contributed by atoms with Crippen molar-refractivity contribution in [3.05, 3.63) is 44.7 Å². The number of aromatic nitrogens is 2. The van der Waals surface area contributed by atoms with E-state index in [-0.39, 0.29) is 5.78 Å². The maximum absolute atomic E-state index is 12.8. The molecular formula is C17H17N3O2S2. The van der Waals surface area contributed by atoms with Crippen LogP contribution in [0.1, 0.15) is 35.3 Å². The summed E-state index contributed by atoms with van der Waals surface area (Å²) in [6.45, 7) is 4.48. The van der Waals surface area contributed by atoms with Crippen LogP contribution in [0.2, 0.25) is 0 Å². The van der Waals surface area contributed by atoms with Gasteiger partial charge in [0.2, 0.25) is 0 Å². The van der Waals surface area contributed by atoms with E-state index in [1.807, 2.05) is 38.1 Å². The lowest BCUT2D eigenvalue weighted by Crippen LogP contribution is -2.11. The number of rotatable bonds is 5. The third kappa shape index (κ3) is 3.27. The zero-order valence-electron chi connectivity index (χ0n) is 13.4. The minimum atomic E-state index is -0.613. The summed E-state index contributed by atoms with van der Waals surface area (Å²) in [6.07, 6.45) is 2.58. The van der Waals surface area contributed by atoms with Crippen LogP contribution in [0, 0.1) is 5.41 Å². The SMILES string of the molecule is CCOc1ccccc1C=C1SC(=N)C(c2nnc(CC)s2)C1=O. The zero-order chi connectivity index (χ0) is 17.1. The predicted molar refractivity (Wildman–Crippen MR) is 97.9 cm³/mol. The molecule has 7 heteroatoms. The Morgan fingerprint density at radius 1 is 1.29 bits per heavy atom. The Morgan fingerprint density at radius 2 is 2.08 bits per heavy atom. The molecule has 0 bridgehead atoms. The number of allylic oxidation sites excluding steroid dienone is 1. The fraction of sp³-hybridized carbons (Fsp3) is 0.294. The monoisotopic (exact) mass is 359 g/mol. The Labute approximate surface area is 148 Å². The van der Waals surface area contributed by atoms with Gasteiger partial charge in [0.1, 0.15) is 21.7 Å². The van der Waals surface area contributed by atoms with E-state index in [1.54, 1.807) is 6.08 Å². The van der Waals surface area contributed by atoms with Gasteiger partial charge in [-0.15, -0.1) is 21.5 Å². The lowest BCUT2D eigenvalue weighted by atomic mass is 10.0. The number of para-hydroxylation sites is 1. The average Bonchev–Trinajstić information content (AvgIpc) is 3.14. The van der Waals surface area contributed by atoms with Gasteiger partial charge in [-0.2, -0.15) is 0 Å². The summed E-state index contributed by atoms with van der Waals surface area (Å²) in [4.78, 5) is 13.3. The molecule has 124 valence electrons. The smallest absolute Gasteiger partial charge is 0.186 e. The number of carbonyl (C=O) groups is 1. The van der Waals surface area contributed by atoms with E-state index in [1.165, 1.54) is 23.1 Å². The van der Waals surface area contributed by atoms with E-state index in [0.717, 1.165) is 22.7 Å². The van der Waals surface area contributed by atoms with Crippen LogP contribution in [0.15, 0.2) is 29.2 Å². The number of ketones is 1. The molecular weight excluding hydrogens is 342 g/mol. The second kappa shape index (κ2) is 7.27. The second-order valence-corrected chi connectivity index (χ2v) is 7.31. The van der Waals surface area contributed by atoms with Crippen LogP contribution < -0.4 is 4.74 Å². The summed E-state index contributed by atoms with van der Waals surface area (Å²) >= 11 is 2.60. The Morgan fingerprint density at radius 3 is 2.79 bits per heavy atom. The minimum absolute atomic E-state index is 0.0879. The van der Waals surface area contributed by atoms with E-state index in [0.29, 0.717) is 21.6 Å². The molecule has 1 aromatic carbocycles. The molecule has 1 saturated heterocycles. The van der Waals surface area contributed by atoms with Crippen molar-refractivity contribution >= 4 is 40.0 Å². The quantitative estimate of drug-likeness (QED) is 0.819. The maximum Gasteiger partial charge on any atom is 0.186 e. The minimum Gasteiger partial charge on any atom is -0.493 e. The van der Waals surface area contributed by atoms with Crippen molar-refractivity contribution in [3.63, 3.8) is 0 Å². The number of nitrogens with one attached hydrogen (secondary N) is 1. The first kappa shape index (κ1) is 16.9. The van der Waals surface area contributed by atoms with Gasteiger partial charge < -0.3 is 4.74 Å². The third-order valence-corrected chi connectivity index (χ3v) is 5.65. The molecule has 0 saturated carbocycles. The number of Topliss-reactive ketones (excluding diaryl/α,β-unsaturated/α-hetero) is 1. The van der Waals surface area contributed by atoms with E-state index in [2.05, 4.69) is 10.2 Å². The molecule has 24 heavy (non-hydrogen) atoms. The topological polar surface area (TPSA) is 75.9 Å². The lowest BCUT2D eigenvalue weighted by molar-refractivity contribution is -0.114. The van der Waals surface area contributed by atoms with Crippen LogP contribution in [0.4, 0.5) is 0 Å². The molecule has 1 aliphatic rings. The standard InChI is InChI=1S/C17H17N3O2S2/c1-3-13-19-20-17(24-13)14-15(21)12(23-16(14)18)9-10-7-5-6-8-11(10)22-4-2/h5-9,14,18H,3-4H2,1-2H3. The third-order valence-electron chi connectivity index (χ3n) is 3.52. The largest absolute Gasteiger partial charge is 0.493 e. The molecule has 0 aliphatic carbocycles. The molecule has 0 amide bonds. The van der Waals surface area contributed by atoms with Crippen LogP contribution in [-0.4, -0.2) is 27.6 Å². The van der Waals surface area contributed by atoms with Gasteiger partial charge in [0.15, 0.2) is 5.78 Å². The maximum atomic E-state index is 12.8. The summed E-state index contributed by atoms with van der Waals surface area (Å²) in [5.41, 5.74) is 0.843. The van der Waals surface area contributed by atoms with E-state index in [4.69, 9.17) is 10.1 Å². The molecule has 3 rings (SSSR count). The molecule has 1 aliphatic heterocycles. The molecule has 1 unspecified atom stereocenters. The Balaban J connectivity index is 1.91. The first-order valence-corrected chi connectivity index (χ1v) is 9.33. The van der Waals surface area contributed by atoms with E-state index >= 15 is 0 Å². The summed E-state index contributed by atoms with van der Waals surface area (Å²) in [6, 6.07) is 7.58. The Kier molecular flexibility index (Phi) is 5.11. The van der Waals surface area contributed by atoms with E-state index in [9.17, 15) is 4.79 Å². The Bertz CT molecular complexity index is 814. The molecule has 2 aromatic rings. The Hall–Kier alpha value is -1.99. The van der Waals surface area contributed by atoms with Crippen molar-refractivity contribution in [1.82, 2.24) is 10.2 Å².